The number of nitrogens with one attached hydrogen (secondary N) is 2. The molecule has 0 spiro atoms. The number of imidazole rings is 1. The van der Waals surface area contributed by atoms with Gasteiger partial charge in [-0.3, -0.25) is 10.1 Å². The number of amides is 1. The number of carbonyl (C=O) groups excluding carboxylic acids is 1. The zero-order valence-electron chi connectivity index (χ0n) is 12.2. The molecule has 6 nitrogen and oxygen atoms in total. The summed E-state index contributed by atoms with van der Waals surface area (Å²) in [5.41, 5.74) is 4.39. The molecule has 21 heavy (non-hydrogen) atoms. The molecule has 0 aliphatic rings. The number of aryl methyl sites for hydroxylation is 3. The smallest absolute Gasteiger partial charge is 0.231 e. The number of fused-ring (bicyclic) bond motifs is 1. The van der Waals surface area contributed by atoms with E-state index in [-0.39, 0.29) is 12.3 Å². The summed E-state index contributed by atoms with van der Waals surface area (Å²) in [5.74, 6) is 0.972. The summed E-state index contributed by atoms with van der Waals surface area (Å²) in [4.78, 5) is 19.6. The summed E-state index contributed by atoms with van der Waals surface area (Å²) >= 11 is 0. The van der Waals surface area contributed by atoms with Crippen LogP contribution in [-0.4, -0.2) is 21.0 Å². The quantitative estimate of drug-likeness (QED) is 0.774. The molecule has 0 radical (unpaired) electrons. The van der Waals surface area contributed by atoms with E-state index in [4.69, 9.17) is 4.52 Å². The maximum atomic E-state index is 12.1. The Kier molecular flexibility index (Phi) is 3.21. The highest BCUT2D eigenvalue weighted by Gasteiger charge is 2.14. The van der Waals surface area contributed by atoms with Crippen LogP contribution in [0.4, 0.5) is 5.95 Å². The maximum absolute atomic E-state index is 12.1. The number of nitrogens with zero attached hydrogens (tertiary/aromatic N) is 2. The Balaban J connectivity index is 1.79. The first-order valence-electron chi connectivity index (χ1n) is 6.71. The molecule has 3 rings (SSSR count). The summed E-state index contributed by atoms with van der Waals surface area (Å²) < 4.78 is 5.06. The third kappa shape index (κ3) is 2.52. The molecule has 0 unspecified atom stereocenters. The summed E-state index contributed by atoms with van der Waals surface area (Å²) in [6, 6.07) is 5.86. The fraction of sp³-hybridized carbons (Fsp3) is 0.267. The average Bonchev–Trinajstić information content (AvgIpc) is 2.97. The van der Waals surface area contributed by atoms with Crippen LogP contribution in [0.2, 0.25) is 0 Å². The van der Waals surface area contributed by atoms with Crippen LogP contribution >= 0.6 is 0 Å². The van der Waals surface area contributed by atoms with Gasteiger partial charge in [-0.05, 0) is 32.4 Å². The lowest BCUT2D eigenvalue weighted by molar-refractivity contribution is -0.115. The predicted octanol–water partition coefficient (Wildman–Crippen LogP) is 2.66. The van der Waals surface area contributed by atoms with Crippen molar-refractivity contribution < 1.29 is 9.32 Å². The van der Waals surface area contributed by atoms with Crippen molar-refractivity contribution in [3.63, 3.8) is 0 Å². The highest BCUT2D eigenvalue weighted by molar-refractivity contribution is 5.93. The number of rotatable bonds is 3. The fourth-order valence-corrected chi connectivity index (χ4v) is 2.33. The summed E-state index contributed by atoms with van der Waals surface area (Å²) in [5, 5.41) is 6.62. The standard InChI is InChI=1S/C15H16N4O2/c1-8-5-4-6-12-14(8)18-15(16-12)17-13(20)7-11-9(2)19-21-10(11)3/h4-6H,7H2,1-3H3,(H2,16,17,18,20). The first-order valence-corrected chi connectivity index (χ1v) is 6.71. The van der Waals surface area contributed by atoms with E-state index in [1.807, 2.05) is 32.0 Å². The van der Waals surface area contributed by atoms with Gasteiger partial charge in [0.25, 0.3) is 0 Å². The van der Waals surface area contributed by atoms with E-state index < -0.39 is 0 Å². The van der Waals surface area contributed by atoms with Gasteiger partial charge in [0.05, 0.1) is 23.1 Å². The molecule has 2 heterocycles. The number of carbonyl (C=O) groups is 1. The van der Waals surface area contributed by atoms with Crippen LogP contribution in [0.25, 0.3) is 11.0 Å². The van der Waals surface area contributed by atoms with Gasteiger partial charge < -0.3 is 9.51 Å². The minimum Gasteiger partial charge on any atom is -0.361 e. The molecule has 0 atom stereocenters. The van der Waals surface area contributed by atoms with Crippen LogP contribution in [0.1, 0.15) is 22.6 Å². The lowest BCUT2D eigenvalue weighted by Gasteiger charge is -2.01. The Morgan fingerprint density at radius 2 is 2.14 bits per heavy atom. The summed E-state index contributed by atoms with van der Waals surface area (Å²) in [6.07, 6.45) is 0.219. The van der Waals surface area contributed by atoms with E-state index in [0.29, 0.717) is 11.7 Å². The predicted molar refractivity (Wildman–Crippen MR) is 79.1 cm³/mol. The maximum Gasteiger partial charge on any atom is 0.231 e. The van der Waals surface area contributed by atoms with Crippen LogP contribution in [0, 0.1) is 20.8 Å². The molecule has 108 valence electrons. The van der Waals surface area contributed by atoms with E-state index in [1.54, 1.807) is 6.92 Å². The second-order valence-corrected chi connectivity index (χ2v) is 5.08. The van der Waals surface area contributed by atoms with Crippen LogP contribution in [0.5, 0.6) is 0 Å². The first kappa shape index (κ1) is 13.4. The molecule has 6 heteroatoms. The van der Waals surface area contributed by atoms with Crippen molar-refractivity contribution in [1.82, 2.24) is 15.1 Å². The van der Waals surface area contributed by atoms with Crippen molar-refractivity contribution in [2.75, 3.05) is 5.32 Å². The first-order chi connectivity index (χ1) is 10.0. The number of benzene rings is 1. The second-order valence-electron chi connectivity index (χ2n) is 5.08. The SMILES string of the molecule is Cc1noc(C)c1CC(=O)Nc1nc2c(C)cccc2[nH]1. The van der Waals surface area contributed by atoms with E-state index >= 15 is 0 Å². The van der Waals surface area contributed by atoms with Gasteiger partial charge in [0.1, 0.15) is 5.76 Å². The van der Waals surface area contributed by atoms with Gasteiger partial charge in [-0.2, -0.15) is 0 Å². The molecular formula is C15H16N4O2. The number of hydrogen-bond donors (Lipinski definition) is 2. The molecule has 0 fully saturated rings. The fourth-order valence-electron chi connectivity index (χ4n) is 2.33. The van der Waals surface area contributed by atoms with Gasteiger partial charge in [-0.15, -0.1) is 0 Å². The minimum atomic E-state index is -0.152. The van der Waals surface area contributed by atoms with Gasteiger partial charge in [-0.25, -0.2) is 4.98 Å². The molecule has 2 aromatic heterocycles. The lowest BCUT2D eigenvalue weighted by atomic mass is 10.1. The molecule has 1 amide bonds. The summed E-state index contributed by atoms with van der Waals surface area (Å²) in [7, 11) is 0. The Hall–Kier alpha value is -2.63. The molecule has 3 aromatic rings. The van der Waals surface area contributed by atoms with E-state index in [1.165, 1.54) is 0 Å². The van der Waals surface area contributed by atoms with Crippen LogP contribution in [0.3, 0.4) is 0 Å². The van der Waals surface area contributed by atoms with Gasteiger partial charge in [0.15, 0.2) is 0 Å². The second kappa shape index (κ2) is 5.05. The molecule has 0 saturated heterocycles. The van der Waals surface area contributed by atoms with Gasteiger partial charge >= 0.3 is 0 Å². The molecule has 0 bridgehead atoms. The topological polar surface area (TPSA) is 83.8 Å². The number of anilines is 1. The average molecular weight is 284 g/mol. The molecule has 1 aromatic carbocycles. The highest BCUT2D eigenvalue weighted by atomic mass is 16.5. The zero-order chi connectivity index (χ0) is 15.0. The van der Waals surface area contributed by atoms with Crippen LogP contribution in [0.15, 0.2) is 22.7 Å². The minimum absolute atomic E-state index is 0.152. The monoisotopic (exact) mass is 284 g/mol. The van der Waals surface area contributed by atoms with Crippen LogP contribution < -0.4 is 5.32 Å². The molecular weight excluding hydrogens is 268 g/mol. The number of hydrogen-bond acceptors (Lipinski definition) is 4. The van der Waals surface area contributed by atoms with Crippen molar-refractivity contribution in [2.45, 2.75) is 27.2 Å². The largest absolute Gasteiger partial charge is 0.361 e. The Labute approximate surface area is 121 Å². The van der Waals surface area contributed by atoms with E-state index in [9.17, 15) is 4.79 Å². The summed E-state index contributed by atoms with van der Waals surface area (Å²) in [6.45, 7) is 5.61. The molecule has 0 aliphatic heterocycles. The third-order valence-electron chi connectivity index (χ3n) is 3.49. The van der Waals surface area contributed by atoms with Gasteiger partial charge in [0, 0.05) is 5.56 Å². The van der Waals surface area contributed by atoms with Gasteiger partial charge in [0.2, 0.25) is 11.9 Å². The molecule has 0 aliphatic carbocycles. The normalized spacial score (nSPS) is 11.0. The van der Waals surface area contributed by atoms with Crippen molar-refractivity contribution in [3.8, 4) is 0 Å². The van der Waals surface area contributed by atoms with Crippen molar-refractivity contribution in [3.05, 3.63) is 40.8 Å². The molecule has 2 N–H and O–H groups in total. The van der Waals surface area contributed by atoms with E-state index in [0.717, 1.165) is 27.9 Å². The number of aromatic amines is 1. The number of H-pyrrole nitrogens is 1. The molecule has 0 saturated carbocycles. The lowest BCUT2D eigenvalue weighted by Crippen LogP contribution is -2.16. The van der Waals surface area contributed by atoms with E-state index in [2.05, 4.69) is 20.4 Å². The van der Waals surface area contributed by atoms with Crippen molar-refractivity contribution >= 4 is 22.9 Å². The Morgan fingerprint density at radius 3 is 2.81 bits per heavy atom. The highest BCUT2D eigenvalue weighted by Crippen LogP contribution is 2.18. The third-order valence-corrected chi connectivity index (χ3v) is 3.49. The van der Waals surface area contributed by atoms with Gasteiger partial charge in [-0.1, -0.05) is 17.3 Å². The van der Waals surface area contributed by atoms with Crippen molar-refractivity contribution in [2.24, 2.45) is 0 Å². The Bertz CT molecular complexity index is 797. The number of aromatic nitrogens is 3. The number of para-hydroxylation sites is 1. The van der Waals surface area contributed by atoms with Crippen molar-refractivity contribution in [1.29, 1.82) is 0 Å². The van der Waals surface area contributed by atoms with Crippen LogP contribution in [-0.2, 0) is 11.2 Å². The zero-order valence-corrected chi connectivity index (χ0v) is 12.2. The Morgan fingerprint density at radius 1 is 1.33 bits per heavy atom.